The number of aliphatic carboxylic acids is 1. The molecule has 0 spiro atoms. The third-order valence-electron chi connectivity index (χ3n) is 1.38. The highest BCUT2D eigenvalue weighted by molar-refractivity contribution is 5.84. The summed E-state index contributed by atoms with van der Waals surface area (Å²) in [6, 6.07) is 2.79. The van der Waals surface area contributed by atoms with E-state index in [0.717, 1.165) is 10.8 Å². The van der Waals surface area contributed by atoms with Crippen molar-refractivity contribution in [2.75, 3.05) is 0 Å². The summed E-state index contributed by atoms with van der Waals surface area (Å²) in [5.41, 5.74) is 0.206. The summed E-state index contributed by atoms with van der Waals surface area (Å²) in [5, 5.41) is 12.1. The minimum Gasteiger partial charge on any atom is -0.478 e. The van der Waals surface area contributed by atoms with E-state index < -0.39 is 5.97 Å². The molecular formula is C8H8N2O3. The van der Waals surface area contributed by atoms with Crippen LogP contribution >= 0.6 is 0 Å². The first-order valence-electron chi connectivity index (χ1n) is 3.55. The maximum absolute atomic E-state index is 10.9. The lowest BCUT2D eigenvalue weighted by atomic mass is 10.3. The molecule has 0 bridgehead atoms. The van der Waals surface area contributed by atoms with Crippen molar-refractivity contribution in [1.29, 1.82) is 0 Å². The lowest BCUT2D eigenvalue weighted by Gasteiger charge is -1.95. The number of nitrogens with zero attached hydrogens (tertiary/aromatic N) is 2. The fraction of sp³-hybridized carbons (Fsp3) is 0.125. The van der Waals surface area contributed by atoms with Gasteiger partial charge < -0.3 is 5.11 Å². The van der Waals surface area contributed by atoms with Gasteiger partial charge in [-0.15, -0.1) is 0 Å². The van der Waals surface area contributed by atoms with Gasteiger partial charge in [-0.1, -0.05) is 0 Å². The second-order valence-corrected chi connectivity index (χ2v) is 2.39. The molecular weight excluding hydrogens is 172 g/mol. The number of aromatic nitrogens is 2. The number of hydrogen-bond donors (Lipinski definition) is 1. The van der Waals surface area contributed by atoms with Crippen molar-refractivity contribution < 1.29 is 9.90 Å². The summed E-state index contributed by atoms with van der Waals surface area (Å²) in [6.45, 7) is 0. The van der Waals surface area contributed by atoms with Gasteiger partial charge in [-0.2, -0.15) is 5.10 Å². The van der Waals surface area contributed by atoms with Gasteiger partial charge in [-0.3, -0.25) is 4.79 Å². The Labute approximate surface area is 73.9 Å². The maximum Gasteiger partial charge on any atom is 0.328 e. The van der Waals surface area contributed by atoms with E-state index in [1.165, 1.54) is 25.3 Å². The lowest BCUT2D eigenvalue weighted by Crippen LogP contribution is -2.18. The first kappa shape index (κ1) is 9.18. The molecule has 0 aromatic carbocycles. The SMILES string of the molecule is Cn1nc(/C=C/C(=O)O)ccc1=O. The summed E-state index contributed by atoms with van der Waals surface area (Å²) in [4.78, 5) is 21.0. The Hall–Kier alpha value is -1.91. The van der Waals surface area contributed by atoms with Gasteiger partial charge in [0, 0.05) is 19.2 Å². The molecule has 0 unspecified atom stereocenters. The molecule has 0 amide bonds. The van der Waals surface area contributed by atoms with Crippen LogP contribution in [0.3, 0.4) is 0 Å². The highest BCUT2D eigenvalue weighted by Crippen LogP contribution is 1.92. The first-order chi connectivity index (χ1) is 6.09. The normalized spacial score (nSPS) is 10.5. The van der Waals surface area contributed by atoms with Gasteiger partial charge in [-0.25, -0.2) is 9.48 Å². The van der Waals surface area contributed by atoms with Crippen LogP contribution in [0.5, 0.6) is 0 Å². The number of hydrogen-bond acceptors (Lipinski definition) is 3. The molecule has 0 fully saturated rings. The molecule has 5 heteroatoms. The summed E-state index contributed by atoms with van der Waals surface area (Å²) in [5.74, 6) is -1.05. The average Bonchev–Trinajstić information content (AvgIpc) is 2.07. The molecule has 0 saturated heterocycles. The zero-order valence-electron chi connectivity index (χ0n) is 6.97. The maximum atomic E-state index is 10.9. The molecule has 0 atom stereocenters. The Kier molecular flexibility index (Phi) is 2.59. The standard InChI is InChI=1S/C8H8N2O3/c1-10-7(11)4-2-6(9-10)3-5-8(12)13/h2-5H,1H3,(H,12,13)/b5-3+. The van der Waals surface area contributed by atoms with Crippen LogP contribution in [0.25, 0.3) is 6.08 Å². The van der Waals surface area contributed by atoms with E-state index in [1.807, 2.05) is 0 Å². The molecule has 1 heterocycles. The first-order valence-corrected chi connectivity index (χ1v) is 3.55. The quantitative estimate of drug-likeness (QED) is 0.644. The molecule has 1 aromatic rings. The van der Waals surface area contributed by atoms with E-state index >= 15 is 0 Å². The van der Waals surface area contributed by atoms with Gasteiger partial charge in [0.2, 0.25) is 0 Å². The van der Waals surface area contributed by atoms with E-state index in [2.05, 4.69) is 5.10 Å². The van der Waals surface area contributed by atoms with Crippen molar-refractivity contribution in [3.63, 3.8) is 0 Å². The van der Waals surface area contributed by atoms with Gasteiger partial charge >= 0.3 is 5.97 Å². The molecule has 68 valence electrons. The van der Waals surface area contributed by atoms with Crippen LogP contribution in [0.15, 0.2) is 23.0 Å². The van der Waals surface area contributed by atoms with Gasteiger partial charge in [0.15, 0.2) is 0 Å². The van der Waals surface area contributed by atoms with Crippen LogP contribution in [0, 0.1) is 0 Å². The van der Waals surface area contributed by atoms with E-state index in [9.17, 15) is 9.59 Å². The van der Waals surface area contributed by atoms with Gasteiger partial charge in [-0.05, 0) is 12.1 Å². The van der Waals surface area contributed by atoms with Crippen molar-refractivity contribution in [2.24, 2.45) is 7.05 Å². The molecule has 1 aromatic heterocycles. The third kappa shape index (κ3) is 2.55. The molecule has 0 radical (unpaired) electrons. The van der Waals surface area contributed by atoms with Crippen molar-refractivity contribution in [3.8, 4) is 0 Å². The van der Waals surface area contributed by atoms with Crippen LogP contribution in [0.1, 0.15) is 5.69 Å². The highest BCUT2D eigenvalue weighted by atomic mass is 16.4. The summed E-state index contributed by atoms with van der Waals surface area (Å²) in [7, 11) is 1.50. The topological polar surface area (TPSA) is 72.2 Å². The molecule has 5 nitrogen and oxygen atoms in total. The molecule has 0 aliphatic rings. The fourth-order valence-electron chi connectivity index (χ4n) is 0.766. The fourth-order valence-corrected chi connectivity index (χ4v) is 0.766. The van der Waals surface area contributed by atoms with Crippen molar-refractivity contribution in [1.82, 2.24) is 9.78 Å². The molecule has 0 aliphatic heterocycles. The average molecular weight is 180 g/mol. The van der Waals surface area contributed by atoms with Crippen LogP contribution in [0.4, 0.5) is 0 Å². The van der Waals surface area contributed by atoms with Crippen molar-refractivity contribution >= 4 is 12.0 Å². The Morgan fingerprint density at radius 3 is 2.85 bits per heavy atom. The Bertz CT molecular complexity index is 406. The summed E-state index contributed by atoms with van der Waals surface area (Å²) >= 11 is 0. The Balaban J connectivity index is 2.98. The van der Waals surface area contributed by atoms with Gasteiger partial charge in [0.05, 0.1) is 5.69 Å². The molecule has 0 saturated carbocycles. The summed E-state index contributed by atoms with van der Waals surface area (Å²) < 4.78 is 1.14. The Morgan fingerprint density at radius 2 is 2.31 bits per heavy atom. The number of rotatable bonds is 2. The number of carboxylic acids is 1. The van der Waals surface area contributed by atoms with Crippen LogP contribution in [-0.4, -0.2) is 20.9 Å². The summed E-state index contributed by atoms with van der Waals surface area (Å²) in [6.07, 6.45) is 2.29. The predicted octanol–water partition coefficient (Wildman–Crippen LogP) is -0.122. The van der Waals surface area contributed by atoms with Crippen LogP contribution < -0.4 is 5.56 Å². The Morgan fingerprint density at radius 1 is 1.62 bits per heavy atom. The predicted molar refractivity (Wildman–Crippen MR) is 46.1 cm³/mol. The van der Waals surface area contributed by atoms with E-state index in [-0.39, 0.29) is 5.56 Å². The second-order valence-electron chi connectivity index (χ2n) is 2.39. The van der Waals surface area contributed by atoms with Crippen molar-refractivity contribution in [2.45, 2.75) is 0 Å². The van der Waals surface area contributed by atoms with Crippen molar-refractivity contribution in [3.05, 3.63) is 34.3 Å². The minimum atomic E-state index is -1.05. The zero-order valence-corrected chi connectivity index (χ0v) is 6.97. The third-order valence-corrected chi connectivity index (χ3v) is 1.38. The van der Waals surface area contributed by atoms with Crippen LogP contribution in [0.2, 0.25) is 0 Å². The van der Waals surface area contributed by atoms with E-state index in [1.54, 1.807) is 0 Å². The van der Waals surface area contributed by atoms with E-state index in [4.69, 9.17) is 5.11 Å². The minimum absolute atomic E-state index is 0.229. The lowest BCUT2D eigenvalue weighted by molar-refractivity contribution is -0.131. The van der Waals surface area contributed by atoms with Crippen LogP contribution in [-0.2, 0) is 11.8 Å². The number of carbonyl (C=O) groups is 1. The zero-order chi connectivity index (χ0) is 9.84. The molecule has 0 aliphatic carbocycles. The monoisotopic (exact) mass is 180 g/mol. The number of aryl methyl sites for hydroxylation is 1. The molecule has 13 heavy (non-hydrogen) atoms. The highest BCUT2D eigenvalue weighted by Gasteiger charge is 1.93. The molecule has 1 rings (SSSR count). The smallest absolute Gasteiger partial charge is 0.328 e. The van der Waals surface area contributed by atoms with Gasteiger partial charge in [0.1, 0.15) is 0 Å². The molecule has 1 N–H and O–H groups in total. The largest absolute Gasteiger partial charge is 0.478 e. The second kappa shape index (κ2) is 3.66. The van der Waals surface area contributed by atoms with E-state index in [0.29, 0.717) is 5.69 Å². The van der Waals surface area contributed by atoms with Gasteiger partial charge in [0.25, 0.3) is 5.56 Å². The number of carboxylic acid groups (broad SMARTS) is 1.